The van der Waals surface area contributed by atoms with Crippen molar-refractivity contribution in [1.29, 1.82) is 0 Å². The number of carbonyl (C=O) groups excluding carboxylic acids is 1. The van der Waals surface area contributed by atoms with Crippen LogP contribution in [0, 0.1) is 0 Å². The van der Waals surface area contributed by atoms with Crippen molar-refractivity contribution >= 4 is 11.9 Å². The molecule has 1 heterocycles. The average Bonchev–Trinajstić information content (AvgIpc) is 2.52. The number of hydrogen-bond donors (Lipinski definition) is 0. The highest BCUT2D eigenvalue weighted by atomic mass is 16.3. The molecule has 0 aliphatic carbocycles. The first kappa shape index (κ1) is 7.79. The molecule has 0 aliphatic rings. The molecule has 0 aliphatic heterocycles. The van der Waals surface area contributed by atoms with Crippen molar-refractivity contribution in [3.05, 3.63) is 30.2 Å². The number of ketones is 1. The van der Waals surface area contributed by atoms with Gasteiger partial charge in [-0.15, -0.1) is 0 Å². The molecule has 2 nitrogen and oxygen atoms in total. The summed E-state index contributed by atoms with van der Waals surface area (Å²) in [7, 11) is 0. The van der Waals surface area contributed by atoms with Crippen LogP contribution < -0.4 is 0 Å². The molecule has 0 amide bonds. The van der Waals surface area contributed by atoms with Crippen LogP contribution in [-0.2, 0) is 4.79 Å². The average molecular weight is 150 g/mol. The fourth-order valence-electron chi connectivity index (χ4n) is 0.679. The van der Waals surface area contributed by atoms with Crippen LogP contribution in [0.25, 0.3) is 6.08 Å². The molecule has 2 heteroatoms. The minimum Gasteiger partial charge on any atom is -0.465 e. The monoisotopic (exact) mass is 150 g/mol. The Morgan fingerprint density at radius 2 is 2.55 bits per heavy atom. The molecule has 58 valence electrons. The van der Waals surface area contributed by atoms with Crippen LogP contribution >= 0.6 is 0 Å². The van der Waals surface area contributed by atoms with Gasteiger partial charge in [-0.1, -0.05) is 6.92 Å². The molecule has 0 bridgehead atoms. The molecule has 11 heavy (non-hydrogen) atoms. The Labute approximate surface area is 65.5 Å². The Balaban J connectivity index is 2.55. The zero-order chi connectivity index (χ0) is 8.10. The topological polar surface area (TPSA) is 30.2 Å². The smallest absolute Gasteiger partial charge is 0.155 e. The summed E-state index contributed by atoms with van der Waals surface area (Å²) in [5, 5.41) is 0. The summed E-state index contributed by atoms with van der Waals surface area (Å²) in [4.78, 5) is 10.8. The van der Waals surface area contributed by atoms with E-state index in [1.165, 1.54) is 6.08 Å². The van der Waals surface area contributed by atoms with Crippen molar-refractivity contribution in [2.45, 2.75) is 13.3 Å². The van der Waals surface area contributed by atoms with Crippen LogP contribution in [0.2, 0.25) is 0 Å². The minimum absolute atomic E-state index is 0.112. The lowest BCUT2D eigenvalue weighted by Crippen LogP contribution is -1.85. The number of rotatable bonds is 3. The van der Waals surface area contributed by atoms with Gasteiger partial charge < -0.3 is 4.42 Å². The lowest BCUT2D eigenvalue weighted by atomic mass is 10.3. The van der Waals surface area contributed by atoms with E-state index in [1.807, 2.05) is 6.92 Å². The second kappa shape index (κ2) is 3.76. The predicted molar refractivity (Wildman–Crippen MR) is 43.0 cm³/mol. The van der Waals surface area contributed by atoms with E-state index in [0.717, 1.165) is 0 Å². The standard InChI is InChI=1S/C9H10O2/c1-2-8(10)5-6-9-4-3-7-11-9/h3-7H,2H2,1H3. The van der Waals surface area contributed by atoms with Crippen LogP contribution in [0.5, 0.6) is 0 Å². The Bertz CT molecular complexity index is 245. The van der Waals surface area contributed by atoms with Gasteiger partial charge in [0.2, 0.25) is 0 Å². The molecular formula is C9H10O2. The van der Waals surface area contributed by atoms with Gasteiger partial charge in [0.05, 0.1) is 6.26 Å². The predicted octanol–water partition coefficient (Wildman–Crippen LogP) is 2.27. The summed E-state index contributed by atoms with van der Waals surface area (Å²) in [5.41, 5.74) is 0. The van der Waals surface area contributed by atoms with E-state index in [0.29, 0.717) is 12.2 Å². The van der Waals surface area contributed by atoms with Crippen LogP contribution in [0.15, 0.2) is 28.9 Å². The molecule has 0 radical (unpaired) electrons. The van der Waals surface area contributed by atoms with Crippen LogP contribution in [0.3, 0.4) is 0 Å². The van der Waals surface area contributed by atoms with E-state index >= 15 is 0 Å². The summed E-state index contributed by atoms with van der Waals surface area (Å²) in [6, 6.07) is 3.59. The van der Waals surface area contributed by atoms with Crippen LogP contribution in [-0.4, -0.2) is 5.78 Å². The van der Waals surface area contributed by atoms with Crippen molar-refractivity contribution < 1.29 is 9.21 Å². The van der Waals surface area contributed by atoms with E-state index in [4.69, 9.17) is 4.42 Å². The van der Waals surface area contributed by atoms with Gasteiger partial charge in [0, 0.05) is 6.42 Å². The van der Waals surface area contributed by atoms with Gasteiger partial charge in [-0.2, -0.15) is 0 Å². The maximum Gasteiger partial charge on any atom is 0.155 e. The fraction of sp³-hybridized carbons (Fsp3) is 0.222. The van der Waals surface area contributed by atoms with Gasteiger partial charge in [-0.3, -0.25) is 4.79 Å². The normalized spacial score (nSPS) is 10.6. The maximum absolute atomic E-state index is 10.8. The minimum atomic E-state index is 0.112. The first-order valence-electron chi connectivity index (χ1n) is 3.57. The molecular weight excluding hydrogens is 140 g/mol. The van der Waals surface area contributed by atoms with Crippen molar-refractivity contribution in [1.82, 2.24) is 0 Å². The van der Waals surface area contributed by atoms with E-state index in [1.54, 1.807) is 24.5 Å². The molecule has 0 fully saturated rings. The molecule has 1 rings (SSSR count). The summed E-state index contributed by atoms with van der Waals surface area (Å²) in [6.45, 7) is 1.83. The van der Waals surface area contributed by atoms with E-state index in [-0.39, 0.29) is 5.78 Å². The highest BCUT2D eigenvalue weighted by Crippen LogP contribution is 2.02. The summed E-state index contributed by atoms with van der Waals surface area (Å²) >= 11 is 0. The summed E-state index contributed by atoms with van der Waals surface area (Å²) in [5.74, 6) is 0.827. The molecule has 1 aromatic rings. The Morgan fingerprint density at radius 1 is 1.73 bits per heavy atom. The van der Waals surface area contributed by atoms with Gasteiger partial charge in [0.15, 0.2) is 5.78 Å². The third-order valence-corrected chi connectivity index (χ3v) is 1.33. The zero-order valence-electron chi connectivity index (χ0n) is 6.41. The fourth-order valence-corrected chi connectivity index (χ4v) is 0.679. The van der Waals surface area contributed by atoms with E-state index in [2.05, 4.69) is 0 Å². The van der Waals surface area contributed by atoms with Gasteiger partial charge in [-0.25, -0.2) is 0 Å². The number of furan rings is 1. The highest BCUT2D eigenvalue weighted by Gasteiger charge is 1.91. The molecule has 0 saturated carbocycles. The number of allylic oxidation sites excluding steroid dienone is 1. The summed E-state index contributed by atoms with van der Waals surface area (Å²) in [6.07, 6.45) is 5.32. The summed E-state index contributed by atoms with van der Waals surface area (Å²) < 4.78 is 4.99. The lowest BCUT2D eigenvalue weighted by molar-refractivity contribution is -0.114. The van der Waals surface area contributed by atoms with Gasteiger partial charge in [0.25, 0.3) is 0 Å². The molecule has 0 atom stereocenters. The van der Waals surface area contributed by atoms with E-state index in [9.17, 15) is 4.79 Å². The second-order valence-electron chi connectivity index (χ2n) is 2.17. The van der Waals surface area contributed by atoms with Crippen molar-refractivity contribution in [3.8, 4) is 0 Å². The van der Waals surface area contributed by atoms with Crippen molar-refractivity contribution in [2.75, 3.05) is 0 Å². The molecule has 0 unspecified atom stereocenters. The molecule has 0 saturated heterocycles. The number of carbonyl (C=O) groups is 1. The van der Waals surface area contributed by atoms with Crippen molar-refractivity contribution in [2.24, 2.45) is 0 Å². The van der Waals surface area contributed by atoms with Crippen molar-refractivity contribution in [3.63, 3.8) is 0 Å². The highest BCUT2D eigenvalue weighted by molar-refractivity contribution is 5.92. The molecule has 0 N–H and O–H groups in total. The Hall–Kier alpha value is -1.31. The maximum atomic E-state index is 10.8. The second-order valence-corrected chi connectivity index (χ2v) is 2.17. The quantitative estimate of drug-likeness (QED) is 0.619. The largest absolute Gasteiger partial charge is 0.465 e. The number of hydrogen-bond acceptors (Lipinski definition) is 2. The van der Waals surface area contributed by atoms with Gasteiger partial charge in [-0.05, 0) is 24.3 Å². The Kier molecular flexibility index (Phi) is 2.66. The van der Waals surface area contributed by atoms with E-state index < -0.39 is 0 Å². The molecule has 1 aromatic heterocycles. The van der Waals surface area contributed by atoms with Gasteiger partial charge in [0.1, 0.15) is 5.76 Å². The molecule has 0 spiro atoms. The first-order chi connectivity index (χ1) is 5.33. The van der Waals surface area contributed by atoms with Crippen LogP contribution in [0.1, 0.15) is 19.1 Å². The molecule has 0 aromatic carbocycles. The first-order valence-corrected chi connectivity index (χ1v) is 3.57. The SMILES string of the molecule is CCC(=O)C=Cc1ccco1. The third kappa shape index (κ3) is 2.42. The van der Waals surface area contributed by atoms with Gasteiger partial charge >= 0.3 is 0 Å². The lowest BCUT2D eigenvalue weighted by Gasteiger charge is -1.83. The third-order valence-electron chi connectivity index (χ3n) is 1.33. The zero-order valence-corrected chi connectivity index (χ0v) is 6.41. The Morgan fingerprint density at radius 3 is 3.09 bits per heavy atom. The van der Waals surface area contributed by atoms with Crippen LogP contribution in [0.4, 0.5) is 0 Å².